The minimum absolute atomic E-state index is 0.0294. The lowest BCUT2D eigenvalue weighted by molar-refractivity contribution is 0.0248. The van der Waals surface area contributed by atoms with Gasteiger partial charge in [-0.2, -0.15) is 0 Å². The summed E-state index contributed by atoms with van der Waals surface area (Å²) in [6.07, 6.45) is 2.02. The van der Waals surface area contributed by atoms with Crippen molar-refractivity contribution >= 4 is 13.5 Å². The summed E-state index contributed by atoms with van der Waals surface area (Å²) in [5.41, 5.74) is 11.8. The second-order valence-electron chi connectivity index (χ2n) is 5.75. The summed E-state index contributed by atoms with van der Waals surface area (Å²) in [5.74, 6) is -1.42. The van der Waals surface area contributed by atoms with E-state index in [0.29, 0.717) is 43.6 Å². The van der Waals surface area contributed by atoms with E-state index in [1.165, 1.54) is 6.20 Å². The van der Waals surface area contributed by atoms with Gasteiger partial charge in [0.1, 0.15) is 23.2 Å². The first kappa shape index (κ1) is 18.0. The van der Waals surface area contributed by atoms with Crippen molar-refractivity contribution in [2.24, 2.45) is 11.5 Å². The average Bonchev–Trinajstić information content (AvgIpc) is 2.51. The molecular weight excluding hydrogens is 313 g/mol. The number of aromatic carboxylic acids is 1. The largest absolute Gasteiger partial charge is 0.507 e. The molecule has 0 unspecified atom stereocenters. The minimum Gasteiger partial charge on any atom is -0.507 e. The molecule has 1 fully saturated rings. The first-order valence-corrected chi connectivity index (χ1v) is 7.70. The fourth-order valence-corrected chi connectivity index (χ4v) is 2.61. The summed E-state index contributed by atoms with van der Waals surface area (Å²) in [6, 6.07) is 3.17. The highest BCUT2D eigenvalue weighted by atomic mass is 16.5. The molecule has 24 heavy (non-hydrogen) atoms. The summed E-state index contributed by atoms with van der Waals surface area (Å²) >= 11 is 0. The zero-order valence-corrected chi connectivity index (χ0v) is 13.3. The van der Waals surface area contributed by atoms with Gasteiger partial charge in [-0.1, -0.05) is 6.07 Å². The molecule has 130 valence electrons. The quantitative estimate of drug-likeness (QED) is 0.389. The van der Waals surface area contributed by atoms with Crippen molar-refractivity contribution in [3.63, 3.8) is 0 Å². The number of carbonyl (C=O) groups is 1. The van der Waals surface area contributed by atoms with Gasteiger partial charge in [0, 0.05) is 31.5 Å². The fraction of sp³-hybridized carbons (Fsp3) is 0.400. The Balaban J connectivity index is 2.06. The number of phenols is 1. The summed E-state index contributed by atoms with van der Waals surface area (Å²) in [6.45, 7) is 1.73. The first-order valence-electron chi connectivity index (χ1n) is 7.70. The van der Waals surface area contributed by atoms with Crippen molar-refractivity contribution in [3.8, 4) is 11.5 Å². The second-order valence-corrected chi connectivity index (χ2v) is 5.75. The molecule has 1 aromatic carbocycles. The van der Waals surface area contributed by atoms with E-state index in [0.717, 1.165) is 0 Å². The van der Waals surface area contributed by atoms with Gasteiger partial charge in [-0.3, -0.25) is 4.90 Å². The number of benzene rings is 1. The molecule has 9 heteroatoms. The molecule has 0 radical (unpaired) electrons. The summed E-state index contributed by atoms with van der Waals surface area (Å²) in [5, 5.41) is 28.4. The number of rotatable bonds is 8. The number of hydrogen-bond acceptors (Lipinski definition) is 7. The van der Waals surface area contributed by atoms with Gasteiger partial charge in [0.2, 0.25) is 0 Å². The molecule has 8 nitrogen and oxygen atoms in total. The normalized spacial score (nSPS) is 15.8. The Kier molecular flexibility index (Phi) is 5.94. The van der Waals surface area contributed by atoms with E-state index in [9.17, 15) is 15.0 Å². The van der Waals surface area contributed by atoms with Gasteiger partial charge in [0.25, 0.3) is 7.48 Å². The number of nitrogens with zero attached hydrogens (tertiary/aromatic N) is 1. The molecule has 2 rings (SSSR count). The van der Waals surface area contributed by atoms with E-state index in [2.05, 4.69) is 0 Å². The van der Waals surface area contributed by atoms with Crippen LogP contribution in [0.3, 0.4) is 0 Å². The number of hydrogen-bond donors (Lipinski definition) is 5. The standard InChI is InChI=1S/C15H22BN3O5/c17-5-10(18)6-19-7-11(8-19)24-12-2-1-9(3-4-16-23)14(20)13(12)15(21)22/h1-2,5,11,16,20,23H,3-4,6-8,17-18H2,(H,21,22)/b10-5-. The molecule has 0 saturated carbocycles. The molecule has 0 spiro atoms. The number of carboxylic acids is 1. The zero-order chi connectivity index (χ0) is 17.7. The Morgan fingerprint density at radius 2 is 2.17 bits per heavy atom. The highest BCUT2D eigenvalue weighted by molar-refractivity contribution is 6.25. The summed E-state index contributed by atoms with van der Waals surface area (Å²) < 4.78 is 5.71. The van der Waals surface area contributed by atoms with Gasteiger partial charge >= 0.3 is 5.97 Å². The maximum absolute atomic E-state index is 11.5. The van der Waals surface area contributed by atoms with Crippen molar-refractivity contribution in [1.29, 1.82) is 0 Å². The minimum atomic E-state index is -1.25. The molecule has 0 amide bonds. The highest BCUT2D eigenvalue weighted by Crippen LogP contribution is 2.33. The maximum atomic E-state index is 11.5. The molecule has 0 aliphatic carbocycles. The Morgan fingerprint density at radius 1 is 1.46 bits per heavy atom. The van der Waals surface area contributed by atoms with Crippen LogP contribution in [0.2, 0.25) is 6.32 Å². The molecule has 1 aliphatic heterocycles. The lowest BCUT2D eigenvalue weighted by atomic mass is 9.90. The predicted molar refractivity (Wildman–Crippen MR) is 90.3 cm³/mol. The van der Waals surface area contributed by atoms with Gasteiger partial charge in [-0.15, -0.1) is 0 Å². The van der Waals surface area contributed by atoms with E-state index in [4.69, 9.17) is 21.2 Å². The van der Waals surface area contributed by atoms with Crippen LogP contribution in [0.1, 0.15) is 15.9 Å². The van der Waals surface area contributed by atoms with Crippen molar-refractivity contribution in [2.75, 3.05) is 19.6 Å². The second kappa shape index (κ2) is 7.94. The Labute approximate surface area is 140 Å². The topological polar surface area (TPSA) is 142 Å². The first-order chi connectivity index (χ1) is 11.5. The third-order valence-electron chi connectivity index (χ3n) is 3.88. The van der Waals surface area contributed by atoms with Crippen LogP contribution in [0.4, 0.5) is 0 Å². The van der Waals surface area contributed by atoms with Crippen molar-refractivity contribution in [3.05, 3.63) is 35.2 Å². The van der Waals surface area contributed by atoms with E-state index in [1.807, 2.05) is 4.90 Å². The Bertz CT molecular complexity index is 632. The molecule has 0 atom stereocenters. The number of carboxylic acid groups (broad SMARTS) is 1. The van der Waals surface area contributed by atoms with Crippen LogP contribution in [-0.4, -0.2) is 59.3 Å². The van der Waals surface area contributed by atoms with E-state index >= 15 is 0 Å². The summed E-state index contributed by atoms with van der Waals surface area (Å²) in [7, 11) is -0.0294. The third-order valence-corrected chi connectivity index (χ3v) is 3.88. The van der Waals surface area contributed by atoms with Crippen LogP contribution in [0.15, 0.2) is 24.0 Å². The lowest BCUT2D eigenvalue weighted by Gasteiger charge is -2.39. The van der Waals surface area contributed by atoms with E-state index < -0.39 is 5.97 Å². The monoisotopic (exact) mass is 335 g/mol. The maximum Gasteiger partial charge on any atom is 0.343 e. The van der Waals surface area contributed by atoms with Gasteiger partial charge in [0.15, 0.2) is 0 Å². The van der Waals surface area contributed by atoms with Crippen LogP contribution in [0, 0.1) is 0 Å². The van der Waals surface area contributed by atoms with E-state index in [-0.39, 0.29) is 30.6 Å². The average molecular weight is 335 g/mol. The molecule has 0 aromatic heterocycles. The van der Waals surface area contributed by atoms with Crippen LogP contribution in [0.5, 0.6) is 11.5 Å². The van der Waals surface area contributed by atoms with Crippen molar-refractivity contribution < 1.29 is 24.8 Å². The molecule has 1 aromatic rings. The van der Waals surface area contributed by atoms with Crippen molar-refractivity contribution in [2.45, 2.75) is 18.8 Å². The van der Waals surface area contributed by atoms with Gasteiger partial charge < -0.3 is 31.4 Å². The van der Waals surface area contributed by atoms with E-state index in [1.54, 1.807) is 12.1 Å². The van der Waals surface area contributed by atoms with Gasteiger partial charge in [-0.25, -0.2) is 4.79 Å². The number of aryl methyl sites for hydroxylation is 1. The van der Waals surface area contributed by atoms with Crippen LogP contribution in [0.25, 0.3) is 0 Å². The smallest absolute Gasteiger partial charge is 0.343 e. The Morgan fingerprint density at radius 3 is 2.75 bits per heavy atom. The van der Waals surface area contributed by atoms with Crippen LogP contribution >= 0.6 is 0 Å². The molecule has 1 aliphatic rings. The molecule has 1 saturated heterocycles. The SMILES string of the molecule is N/C=C(\N)CN1CC(Oc2ccc(CCBO)c(O)c2C(=O)O)C1. The molecule has 7 N–H and O–H groups in total. The number of ether oxygens (including phenoxy) is 1. The number of aromatic hydroxyl groups is 1. The third kappa shape index (κ3) is 4.12. The van der Waals surface area contributed by atoms with Crippen molar-refractivity contribution in [1.82, 2.24) is 4.90 Å². The lowest BCUT2D eigenvalue weighted by Crippen LogP contribution is -2.54. The van der Waals surface area contributed by atoms with Gasteiger partial charge in [-0.05, 0) is 24.4 Å². The molecule has 0 bridgehead atoms. The number of nitrogens with two attached hydrogens (primary N) is 2. The molecular formula is C15H22BN3O5. The fourth-order valence-electron chi connectivity index (χ4n) is 2.61. The summed E-state index contributed by atoms with van der Waals surface area (Å²) in [4.78, 5) is 13.5. The Hall–Kier alpha value is -2.39. The predicted octanol–water partition coefficient (Wildman–Crippen LogP) is -0.783. The van der Waals surface area contributed by atoms with Crippen LogP contribution in [-0.2, 0) is 6.42 Å². The van der Waals surface area contributed by atoms with Gasteiger partial charge in [0.05, 0.1) is 0 Å². The van der Waals surface area contributed by atoms with Crippen LogP contribution < -0.4 is 16.2 Å². The number of likely N-dealkylation sites (tertiary alicyclic amines) is 1. The highest BCUT2D eigenvalue weighted by Gasteiger charge is 2.30. The zero-order valence-electron chi connectivity index (χ0n) is 13.3. The molecule has 1 heterocycles.